The Kier molecular flexibility index (Phi) is 30.4. The fourth-order valence-electron chi connectivity index (χ4n) is 5.20. The van der Waals surface area contributed by atoms with Crippen molar-refractivity contribution in [2.45, 2.75) is 193 Å². The molecule has 0 aromatic heterocycles. The molecule has 0 aliphatic heterocycles. The highest BCUT2D eigenvalue weighted by atomic mass is 31.2. The van der Waals surface area contributed by atoms with E-state index >= 15 is 0 Å². The van der Waals surface area contributed by atoms with Gasteiger partial charge in [-0.25, -0.2) is 4.57 Å². The van der Waals surface area contributed by atoms with E-state index in [4.69, 9.17) is 19.3 Å². The molecule has 0 radical (unpaired) electrons. The van der Waals surface area contributed by atoms with Crippen LogP contribution >= 0.6 is 7.82 Å². The highest BCUT2D eigenvalue weighted by molar-refractivity contribution is 7.46. The minimum atomic E-state index is -4.74. The van der Waals surface area contributed by atoms with Crippen LogP contribution in [-0.4, -0.2) is 41.0 Å². The molecule has 0 saturated heterocycles. The lowest BCUT2D eigenvalue weighted by atomic mass is 10.0. The van der Waals surface area contributed by atoms with Crippen molar-refractivity contribution >= 4 is 19.8 Å². The molecule has 1 atom stereocenters. The van der Waals surface area contributed by atoms with Crippen LogP contribution in [0.3, 0.4) is 0 Å². The quantitative estimate of drug-likeness (QED) is 0.0416. The van der Waals surface area contributed by atoms with Crippen LogP contribution in [0.4, 0.5) is 0 Å². The molecular formula is C34H67O8P. The van der Waals surface area contributed by atoms with Gasteiger partial charge in [0.05, 0.1) is 6.61 Å². The normalized spacial score (nSPS) is 12.4. The lowest BCUT2D eigenvalue weighted by molar-refractivity contribution is -0.161. The first-order chi connectivity index (χ1) is 20.8. The van der Waals surface area contributed by atoms with Crippen molar-refractivity contribution in [1.29, 1.82) is 0 Å². The second kappa shape index (κ2) is 31.0. The highest BCUT2D eigenvalue weighted by Gasteiger charge is 2.22. The van der Waals surface area contributed by atoms with Crippen molar-refractivity contribution in [2.24, 2.45) is 0 Å². The Morgan fingerprint density at radius 3 is 1.19 bits per heavy atom. The highest BCUT2D eigenvalue weighted by Crippen LogP contribution is 2.36. The van der Waals surface area contributed by atoms with Crippen LogP contribution in [0.5, 0.6) is 0 Å². The summed E-state index contributed by atoms with van der Waals surface area (Å²) in [5.41, 5.74) is 0. The average molecular weight is 635 g/mol. The molecule has 43 heavy (non-hydrogen) atoms. The Labute approximate surface area is 264 Å². The van der Waals surface area contributed by atoms with Gasteiger partial charge in [0.25, 0.3) is 0 Å². The smallest absolute Gasteiger partial charge is 0.462 e. The van der Waals surface area contributed by atoms with Crippen molar-refractivity contribution in [3.05, 3.63) is 0 Å². The molecule has 2 N–H and O–H groups in total. The van der Waals surface area contributed by atoms with Crippen molar-refractivity contribution in [3.8, 4) is 0 Å². The zero-order chi connectivity index (χ0) is 31.9. The minimum absolute atomic E-state index is 0.219. The molecule has 0 unspecified atom stereocenters. The second-order valence-electron chi connectivity index (χ2n) is 12.2. The van der Waals surface area contributed by atoms with E-state index in [9.17, 15) is 14.2 Å². The third kappa shape index (κ3) is 33.8. The van der Waals surface area contributed by atoms with E-state index in [0.29, 0.717) is 6.42 Å². The van der Waals surface area contributed by atoms with Crippen molar-refractivity contribution in [3.63, 3.8) is 0 Å². The summed E-state index contributed by atoms with van der Waals surface area (Å²) in [6, 6.07) is 0. The van der Waals surface area contributed by atoms with E-state index in [1.807, 2.05) is 0 Å². The molecule has 0 saturated carbocycles. The van der Waals surface area contributed by atoms with Crippen LogP contribution in [0.1, 0.15) is 187 Å². The average Bonchev–Trinajstić information content (AvgIpc) is 2.97. The fraction of sp³-hybridized carbons (Fsp3) is 0.941. The molecule has 0 rings (SSSR count). The Bertz CT molecular complexity index is 681. The van der Waals surface area contributed by atoms with Crippen molar-refractivity contribution in [2.75, 3.05) is 13.2 Å². The van der Waals surface area contributed by atoms with Crippen molar-refractivity contribution in [1.82, 2.24) is 0 Å². The van der Waals surface area contributed by atoms with Crippen LogP contribution in [0.15, 0.2) is 0 Å². The molecule has 0 aromatic rings. The van der Waals surface area contributed by atoms with Crippen LogP contribution in [-0.2, 0) is 28.2 Å². The maximum Gasteiger partial charge on any atom is 0.469 e. The Morgan fingerprint density at radius 1 is 0.512 bits per heavy atom. The van der Waals surface area contributed by atoms with E-state index in [1.165, 1.54) is 116 Å². The zero-order valence-corrected chi connectivity index (χ0v) is 28.8. The predicted molar refractivity (Wildman–Crippen MR) is 175 cm³/mol. The molecule has 8 nitrogen and oxygen atoms in total. The zero-order valence-electron chi connectivity index (χ0n) is 27.9. The second-order valence-corrected chi connectivity index (χ2v) is 13.5. The van der Waals surface area contributed by atoms with E-state index < -0.39 is 32.5 Å². The number of phosphoric ester groups is 1. The number of phosphoric acid groups is 1. The summed E-state index contributed by atoms with van der Waals surface area (Å²) in [5, 5.41) is 0. The van der Waals surface area contributed by atoms with Crippen LogP contribution in [0, 0.1) is 0 Å². The van der Waals surface area contributed by atoms with Crippen LogP contribution in [0.2, 0.25) is 0 Å². The summed E-state index contributed by atoms with van der Waals surface area (Å²) in [6.07, 6.45) is 29.6. The molecule has 9 heteroatoms. The molecule has 0 aromatic carbocycles. The molecule has 0 heterocycles. The first-order valence-electron chi connectivity index (χ1n) is 17.8. The van der Waals surface area contributed by atoms with E-state index in [0.717, 1.165) is 38.5 Å². The predicted octanol–water partition coefficient (Wildman–Crippen LogP) is 10.1. The van der Waals surface area contributed by atoms with Gasteiger partial charge in [-0.3, -0.25) is 14.1 Å². The van der Waals surface area contributed by atoms with Gasteiger partial charge in [-0.05, 0) is 12.8 Å². The van der Waals surface area contributed by atoms with Gasteiger partial charge in [0.15, 0.2) is 6.10 Å². The van der Waals surface area contributed by atoms with E-state index in [-0.39, 0.29) is 19.4 Å². The number of ether oxygens (including phenoxy) is 2. The topological polar surface area (TPSA) is 119 Å². The third-order valence-corrected chi connectivity index (χ3v) is 8.36. The number of carbonyl (C=O) groups excluding carboxylic acids is 2. The molecule has 0 bridgehead atoms. The molecule has 0 aliphatic rings. The Balaban J connectivity index is 3.95. The standard InChI is InChI=1S/C34H67O8P/c1-3-5-7-9-11-13-15-17-19-20-22-24-26-28-33(35)40-30-32(31-41-43(37,38)39)42-34(36)29-27-25-23-21-18-16-14-12-10-8-6-4-2/h32H,3-31H2,1-2H3,(H2,37,38,39)/t32-/m1/s1. The molecular weight excluding hydrogens is 567 g/mol. The number of hydrogen-bond acceptors (Lipinski definition) is 6. The van der Waals surface area contributed by atoms with Gasteiger partial charge in [-0.1, -0.05) is 162 Å². The van der Waals surface area contributed by atoms with Gasteiger partial charge in [0, 0.05) is 12.8 Å². The van der Waals surface area contributed by atoms with Crippen LogP contribution in [0.25, 0.3) is 0 Å². The first kappa shape index (κ1) is 42.0. The minimum Gasteiger partial charge on any atom is -0.462 e. The lowest BCUT2D eigenvalue weighted by Crippen LogP contribution is -2.29. The number of carbonyl (C=O) groups is 2. The van der Waals surface area contributed by atoms with Gasteiger partial charge in [-0.15, -0.1) is 0 Å². The first-order valence-corrected chi connectivity index (χ1v) is 19.4. The SMILES string of the molecule is CCCCCCCCCCCCCCCC(=O)OC[C@H](COP(=O)(O)O)OC(=O)CCCCCCCCCCCCCC. The summed E-state index contributed by atoms with van der Waals surface area (Å²) in [4.78, 5) is 42.5. The number of rotatable bonds is 33. The molecule has 256 valence electrons. The van der Waals surface area contributed by atoms with E-state index in [2.05, 4.69) is 18.4 Å². The summed E-state index contributed by atoms with van der Waals surface area (Å²) >= 11 is 0. The Morgan fingerprint density at radius 2 is 0.837 bits per heavy atom. The van der Waals surface area contributed by atoms with Gasteiger partial charge >= 0.3 is 19.8 Å². The van der Waals surface area contributed by atoms with Crippen LogP contribution < -0.4 is 0 Å². The molecule has 0 amide bonds. The maximum atomic E-state index is 12.3. The molecule has 0 aliphatic carbocycles. The van der Waals surface area contributed by atoms with Gasteiger partial charge in [0.2, 0.25) is 0 Å². The summed E-state index contributed by atoms with van der Waals surface area (Å²) in [5.74, 6) is -0.875. The number of hydrogen-bond donors (Lipinski definition) is 2. The Hall–Kier alpha value is -0.950. The fourth-order valence-corrected chi connectivity index (χ4v) is 5.56. The summed E-state index contributed by atoms with van der Waals surface area (Å²) in [7, 11) is -4.74. The van der Waals surface area contributed by atoms with Crippen molar-refractivity contribution < 1.29 is 37.9 Å². The number of esters is 2. The van der Waals surface area contributed by atoms with E-state index in [1.54, 1.807) is 0 Å². The summed E-state index contributed by atoms with van der Waals surface area (Å²) in [6.45, 7) is 3.67. The lowest BCUT2D eigenvalue weighted by Gasteiger charge is -2.18. The maximum absolute atomic E-state index is 12.3. The van der Waals surface area contributed by atoms with Gasteiger partial charge < -0.3 is 19.3 Å². The summed E-state index contributed by atoms with van der Waals surface area (Å²) < 4.78 is 26.2. The number of unbranched alkanes of at least 4 members (excludes halogenated alkanes) is 23. The monoisotopic (exact) mass is 634 g/mol. The molecule has 0 fully saturated rings. The van der Waals surface area contributed by atoms with Gasteiger partial charge in [0.1, 0.15) is 6.61 Å². The third-order valence-electron chi connectivity index (χ3n) is 7.88. The molecule has 0 spiro atoms. The largest absolute Gasteiger partial charge is 0.469 e. The van der Waals surface area contributed by atoms with Gasteiger partial charge in [-0.2, -0.15) is 0 Å².